The van der Waals surface area contributed by atoms with E-state index in [4.69, 9.17) is 4.74 Å². The van der Waals surface area contributed by atoms with E-state index in [9.17, 15) is 5.11 Å². The van der Waals surface area contributed by atoms with Gasteiger partial charge in [0.05, 0.1) is 6.10 Å². The normalized spacial score (nSPS) is 35.8. The third-order valence-corrected chi connectivity index (χ3v) is 4.95. The number of aliphatic hydroxyl groups excluding tert-OH is 1. The first kappa shape index (κ1) is 14.3. The summed E-state index contributed by atoms with van der Waals surface area (Å²) >= 11 is 0. The number of hydrogen-bond donors (Lipinski definition) is 1. The van der Waals surface area contributed by atoms with Gasteiger partial charge in [-0.15, -0.1) is 0 Å². The average Bonchev–Trinajstić information content (AvgIpc) is 2.39. The van der Waals surface area contributed by atoms with Crippen LogP contribution in [-0.4, -0.2) is 49.5 Å². The number of methoxy groups -OCH3 is 1. The van der Waals surface area contributed by atoms with Crippen LogP contribution in [-0.2, 0) is 4.74 Å². The maximum atomic E-state index is 9.84. The molecule has 0 radical (unpaired) electrons. The van der Waals surface area contributed by atoms with Crippen molar-refractivity contribution < 1.29 is 9.84 Å². The summed E-state index contributed by atoms with van der Waals surface area (Å²) in [4.78, 5) is 2.55. The van der Waals surface area contributed by atoms with Gasteiger partial charge in [0.25, 0.3) is 0 Å². The summed E-state index contributed by atoms with van der Waals surface area (Å²) in [7, 11) is 1.82. The molecule has 3 nitrogen and oxygen atoms in total. The van der Waals surface area contributed by atoms with Gasteiger partial charge in [-0.05, 0) is 31.6 Å². The molecule has 0 spiro atoms. The molecule has 18 heavy (non-hydrogen) atoms. The Kier molecular flexibility index (Phi) is 5.05. The van der Waals surface area contributed by atoms with Crippen LogP contribution in [0.1, 0.15) is 45.4 Å². The van der Waals surface area contributed by atoms with Crippen molar-refractivity contribution in [1.82, 2.24) is 4.90 Å². The molecule has 2 atom stereocenters. The van der Waals surface area contributed by atoms with Gasteiger partial charge in [0, 0.05) is 38.8 Å². The highest BCUT2D eigenvalue weighted by Gasteiger charge is 2.36. The zero-order valence-corrected chi connectivity index (χ0v) is 12.0. The first-order valence-corrected chi connectivity index (χ1v) is 7.53. The number of hydrogen-bond acceptors (Lipinski definition) is 3. The molecule has 1 saturated carbocycles. The summed E-state index contributed by atoms with van der Waals surface area (Å²) in [6, 6.07) is 0. The molecule has 1 saturated heterocycles. The van der Waals surface area contributed by atoms with E-state index in [2.05, 4.69) is 11.8 Å². The van der Waals surface area contributed by atoms with Gasteiger partial charge < -0.3 is 14.7 Å². The molecular formula is C15H29NO2. The Morgan fingerprint density at radius 3 is 2.56 bits per heavy atom. The second kappa shape index (κ2) is 6.36. The minimum Gasteiger partial charge on any atom is -0.396 e. The Labute approximate surface area is 112 Å². The highest BCUT2D eigenvalue weighted by molar-refractivity contribution is 4.89. The van der Waals surface area contributed by atoms with Crippen molar-refractivity contribution in [1.29, 1.82) is 0 Å². The summed E-state index contributed by atoms with van der Waals surface area (Å²) in [5.74, 6) is 0.780. The van der Waals surface area contributed by atoms with Crippen molar-refractivity contribution in [2.24, 2.45) is 11.3 Å². The van der Waals surface area contributed by atoms with Crippen LogP contribution in [0, 0.1) is 11.3 Å². The van der Waals surface area contributed by atoms with Crippen LogP contribution in [0.25, 0.3) is 0 Å². The third kappa shape index (κ3) is 3.46. The van der Waals surface area contributed by atoms with Crippen LogP contribution in [0.2, 0.25) is 0 Å². The van der Waals surface area contributed by atoms with E-state index >= 15 is 0 Å². The van der Waals surface area contributed by atoms with Gasteiger partial charge in [-0.1, -0.05) is 19.8 Å². The zero-order valence-electron chi connectivity index (χ0n) is 12.0. The van der Waals surface area contributed by atoms with Crippen LogP contribution in [0.4, 0.5) is 0 Å². The third-order valence-electron chi connectivity index (χ3n) is 4.95. The Hall–Kier alpha value is -0.120. The van der Waals surface area contributed by atoms with Gasteiger partial charge in [0.2, 0.25) is 0 Å². The summed E-state index contributed by atoms with van der Waals surface area (Å²) < 4.78 is 5.42. The summed E-state index contributed by atoms with van der Waals surface area (Å²) in [6.45, 7) is 6.05. The molecular weight excluding hydrogens is 226 g/mol. The first-order valence-electron chi connectivity index (χ1n) is 7.53. The molecule has 0 aromatic rings. The Bertz CT molecular complexity index is 251. The highest BCUT2D eigenvalue weighted by Crippen LogP contribution is 2.40. The Balaban J connectivity index is 1.86. The quantitative estimate of drug-likeness (QED) is 0.836. The van der Waals surface area contributed by atoms with Crippen LogP contribution in [0.15, 0.2) is 0 Å². The van der Waals surface area contributed by atoms with Crippen molar-refractivity contribution >= 4 is 0 Å². The number of nitrogens with zero attached hydrogens (tertiary/aromatic N) is 1. The lowest BCUT2D eigenvalue weighted by molar-refractivity contribution is -0.00762. The lowest BCUT2D eigenvalue weighted by Crippen LogP contribution is -2.46. The number of likely N-dealkylation sites (tertiary alicyclic amines) is 1. The SMILES string of the molecule is COC1CCN(CC2(CO)CCCC(C)C2)CC1. The molecule has 2 aliphatic rings. The van der Waals surface area contributed by atoms with Crippen molar-refractivity contribution in [3.05, 3.63) is 0 Å². The molecule has 106 valence electrons. The molecule has 0 amide bonds. The Morgan fingerprint density at radius 1 is 1.28 bits per heavy atom. The van der Waals surface area contributed by atoms with Gasteiger partial charge >= 0.3 is 0 Å². The van der Waals surface area contributed by atoms with E-state index in [1.165, 1.54) is 25.7 Å². The van der Waals surface area contributed by atoms with Crippen LogP contribution in [0.5, 0.6) is 0 Å². The molecule has 0 aromatic heterocycles. The molecule has 2 rings (SSSR count). The second-order valence-corrected chi connectivity index (χ2v) is 6.57. The lowest BCUT2D eigenvalue weighted by Gasteiger charge is -2.43. The molecule has 1 N–H and O–H groups in total. The lowest BCUT2D eigenvalue weighted by atomic mass is 9.70. The highest BCUT2D eigenvalue weighted by atomic mass is 16.5. The van der Waals surface area contributed by atoms with Crippen LogP contribution < -0.4 is 0 Å². The predicted octanol–water partition coefficient (Wildman–Crippen LogP) is 2.29. The van der Waals surface area contributed by atoms with E-state index in [0.717, 1.165) is 38.4 Å². The molecule has 3 heteroatoms. The largest absolute Gasteiger partial charge is 0.396 e. The van der Waals surface area contributed by atoms with E-state index < -0.39 is 0 Å². The van der Waals surface area contributed by atoms with Crippen molar-refractivity contribution in [2.75, 3.05) is 33.4 Å². The van der Waals surface area contributed by atoms with E-state index in [1.54, 1.807) is 0 Å². The van der Waals surface area contributed by atoms with Gasteiger partial charge in [0.1, 0.15) is 0 Å². The molecule has 1 aliphatic heterocycles. The minimum absolute atomic E-state index is 0.178. The van der Waals surface area contributed by atoms with E-state index in [-0.39, 0.29) is 5.41 Å². The number of aliphatic hydroxyl groups is 1. The van der Waals surface area contributed by atoms with Crippen LogP contribution >= 0.6 is 0 Å². The first-order chi connectivity index (χ1) is 8.67. The molecule has 1 heterocycles. The zero-order chi connectivity index (χ0) is 13.0. The van der Waals surface area contributed by atoms with Crippen LogP contribution in [0.3, 0.4) is 0 Å². The molecule has 0 bridgehead atoms. The minimum atomic E-state index is 0.178. The fraction of sp³-hybridized carbons (Fsp3) is 1.00. The fourth-order valence-electron chi connectivity index (χ4n) is 3.88. The second-order valence-electron chi connectivity index (χ2n) is 6.57. The number of ether oxygens (including phenoxy) is 1. The van der Waals surface area contributed by atoms with Gasteiger partial charge in [-0.25, -0.2) is 0 Å². The smallest absolute Gasteiger partial charge is 0.0595 e. The standard InChI is InChI=1S/C15H29NO2/c1-13-4-3-7-15(10-13,12-17)11-16-8-5-14(18-2)6-9-16/h13-14,17H,3-12H2,1-2H3. The number of rotatable bonds is 4. The average molecular weight is 255 g/mol. The monoisotopic (exact) mass is 255 g/mol. The molecule has 2 unspecified atom stereocenters. The van der Waals surface area contributed by atoms with Crippen molar-refractivity contribution in [2.45, 2.75) is 51.6 Å². The topological polar surface area (TPSA) is 32.7 Å². The van der Waals surface area contributed by atoms with Gasteiger partial charge in [0.15, 0.2) is 0 Å². The maximum absolute atomic E-state index is 9.84. The maximum Gasteiger partial charge on any atom is 0.0595 e. The van der Waals surface area contributed by atoms with Crippen molar-refractivity contribution in [3.8, 4) is 0 Å². The van der Waals surface area contributed by atoms with Gasteiger partial charge in [-0.3, -0.25) is 0 Å². The molecule has 1 aliphatic carbocycles. The summed E-state index contributed by atoms with van der Waals surface area (Å²) in [6.07, 6.45) is 7.79. The van der Waals surface area contributed by atoms with Gasteiger partial charge in [-0.2, -0.15) is 0 Å². The van der Waals surface area contributed by atoms with E-state index in [1.807, 2.05) is 7.11 Å². The fourth-order valence-corrected chi connectivity index (χ4v) is 3.88. The molecule has 0 aromatic carbocycles. The molecule has 2 fully saturated rings. The summed E-state index contributed by atoms with van der Waals surface area (Å²) in [5, 5.41) is 9.84. The Morgan fingerprint density at radius 2 is 2.00 bits per heavy atom. The van der Waals surface area contributed by atoms with Crippen molar-refractivity contribution in [3.63, 3.8) is 0 Å². The summed E-state index contributed by atoms with van der Waals surface area (Å²) in [5.41, 5.74) is 0.178. The van der Waals surface area contributed by atoms with E-state index in [0.29, 0.717) is 12.7 Å². The predicted molar refractivity (Wildman–Crippen MR) is 73.6 cm³/mol. The number of piperidine rings is 1.